The van der Waals surface area contributed by atoms with Gasteiger partial charge in [-0.25, -0.2) is 0 Å². The second-order valence-corrected chi connectivity index (χ2v) is 4.27. The van der Waals surface area contributed by atoms with Gasteiger partial charge >= 0.3 is 0 Å². The number of carbonyl (C=O) groups is 1. The zero-order valence-electron chi connectivity index (χ0n) is 6.19. The number of allylic oxidation sites excluding steroid dienone is 4. The van der Waals surface area contributed by atoms with Crippen molar-refractivity contribution in [3.8, 4) is 0 Å². The molecule has 0 aromatic heterocycles. The Labute approximate surface area is 70.6 Å². The molecule has 1 heterocycles. The maximum absolute atomic E-state index is 10.5. The van der Waals surface area contributed by atoms with Crippen LogP contribution in [0.5, 0.6) is 0 Å². The maximum Gasteiger partial charge on any atom is 0.133 e. The van der Waals surface area contributed by atoms with E-state index < -0.39 is 0 Å². The molecule has 2 atom stereocenters. The summed E-state index contributed by atoms with van der Waals surface area (Å²) < 4.78 is 0. The molecular formula is C9H10OS. The highest BCUT2D eigenvalue weighted by atomic mass is 32.2. The Hall–Kier alpha value is -0.500. The Balaban J connectivity index is 2.14. The third kappa shape index (κ3) is 1.27. The van der Waals surface area contributed by atoms with Crippen LogP contribution < -0.4 is 0 Å². The lowest BCUT2D eigenvalue weighted by Crippen LogP contribution is -2.01. The molecule has 0 N–H and O–H groups in total. The van der Waals surface area contributed by atoms with Gasteiger partial charge in [0.05, 0.1) is 5.25 Å². The number of hydrogen-bond donors (Lipinski definition) is 0. The summed E-state index contributed by atoms with van der Waals surface area (Å²) >= 11 is 1.74. The van der Waals surface area contributed by atoms with Crippen LogP contribution in [0.3, 0.4) is 0 Å². The van der Waals surface area contributed by atoms with Crippen LogP contribution in [0.25, 0.3) is 0 Å². The molecule has 1 aliphatic heterocycles. The van der Waals surface area contributed by atoms with Crippen molar-refractivity contribution in [1.29, 1.82) is 0 Å². The summed E-state index contributed by atoms with van der Waals surface area (Å²) in [5.74, 6) is 0.653. The van der Waals surface area contributed by atoms with Crippen LogP contribution in [-0.4, -0.2) is 11.5 Å². The van der Waals surface area contributed by atoms with Gasteiger partial charge in [0.2, 0.25) is 0 Å². The van der Waals surface area contributed by atoms with Crippen LogP contribution >= 0.6 is 11.8 Å². The van der Waals surface area contributed by atoms with E-state index in [-0.39, 0.29) is 5.25 Å². The number of rotatable bonds is 1. The minimum Gasteiger partial charge on any atom is -0.302 e. The quantitative estimate of drug-likeness (QED) is 0.555. The molecule has 0 bridgehead atoms. The first kappa shape index (κ1) is 7.17. The standard InChI is InChI=1S/C9H10OS/c10-6-8-5-7-3-1-2-4-9(7)11-8/h1-2,4,6-8H,3,5H2. The summed E-state index contributed by atoms with van der Waals surface area (Å²) in [6.07, 6.45) is 9.66. The second-order valence-electron chi connectivity index (χ2n) is 2.96. The van der Waals surface area contributed by atoms with E-state index in [1.54, 1.807) is 11.8 Å². The molecule has 1 aliphatic carbocycles. The molecule has 0 aromatic rings. The van der Waals surface area contributed by atoms with E-state index in [0.29, 0.717) is 5.92 Å². The van der Waals surface area contributed by atoms with Gasteiger partial charge in [-0.2, -0.15) is 0 Å². The number of fused-ring (bicyclic) bond motifs is 1. The number of carbonyl (C=O) groups excluding carboxylic acids is 1. The number of thioether (sulfide) groups is 1. The lowest BCUT2D eigenvalue weighted by Gasteiger charge is -2.09. The van der Waals surface area contributed by atoms with Crippen molar-refractivity contribution >= 4 is 18.0 Å². The third-order valence-corrected chi connectivity index (χ3v) is 3.52. The highest BCUT2D eigenvalue weighted by Crippen LogP contribution is 2.44. The van der Waals surface area contributed by atoms with Crippen LogP contribution in [-0.2, 0) is 4.79 Å². The van der Waals surface area contributed by atoms with Crippen LogP contribution in [0.15, 0.2) is 23.1 Å². The molecule has 58 valence electrons. The average molecular weight is 166 g/mol. The summed E-state index contributed by atoms with van der Waals surface area (Å²) in [5, 5.41) is 0.228. The molecule has 11 heavy (non-hydrogen) atoms. The van der Waals surface area contributed by atoms with Crippen molar-refractivity contribution in [3.63, 3.8) is 0 Å². The van der Waals surface area contributed by atoms with Gasteiger partial charge in [-0.05, 0) is 23.7 Å². The molecule has 1 saturated heterocycles. The molecule has 2 aliphatic rings. The smallest absolute Gasteiger partial charge is 0.133 e. The monoisotopic (exact) mass is 166 g/mol. The highest BCUT2D eigenvalue weighted by molar-refractivity contribution is 8.04. The Bertz CT molecular complexity index is 230. The van der Waals surface area contributed by atoms with Gasteiger partial charge in [0.1, 0.15) is 6.29 Å². The fourth-order valence-corrected chi connectivity index (χ4v) is 2.87. The predicted octanol–water partition coefficient (Wildman–Crippen LogP) is 2.15. The molecule has 0 aromatic carbocycles. The van der Waals surface area contributed by atoms with Crippen LogP contribution in [0.1, 0.15) is 12.8 Å². The largest absolute Gasteiger partial charge is 0.302 e. The van der Waals surface area contributed by atoms with Gasteiger partial charge in [0.15, 0.2) is 0 Å². The summed E-state index contributed by atoms with van der Waals surface area (Å²) in [4.78, 5) is 11.9. The van der Waals surface area contributed by atoms with Gasteiger partial charge in [-0.15, -0.1) is 11.8 Å². The minimum absolute atomic E-state index is 0.228. The third-order valence-electron chi connectivity index (χ3n) is 2.18. The summed E-state index contributed by atoms with van der Waals surface area (Å²) in [6, 6.07) is 0. The second kappa shape index (κ2) is 2.86. The lowest BCUT2D eigenvalue weighted by atomic mass is 9.96. The molecular weight excluding hydrogens is 156 g/mol. The molecule has 0 spiro atoms. The fourth-order valence-electron chi connectivity index (χ4n) is 1.59. The first-order valence-corrected chi connectivity index (χ1v) is 4.77. The predicted molar refractivity (Wildman–Crippen MR) is 47.4 cm³/mol. The normalized spacial score (nSPS) is 34.7. The summed E-state index contributed by atoms with van der Waals surface area (Å²) in [7, 11) is 0. The molecule has 2 unspecified atom stereocenters. The van der Waals surface area contributed by atoms with E-state index in [0.717, 1.165) is 19.1 Å². The first-order chi connectivity index (χ1) is 5.40. The molecule has 1 nitrogen and oxygen atoms in total. The van der Waals surface area contributed by atoms with Gasteiger partial charge in [-0.1, -0.05) is 18.2 Å². The number of aldehydes is 1. The Kier molecular flexibility index (Phi) is 1.86. The lowest BCUT2D eigenvalue weighted by molar-refractivity contribution is -0.107. The van der Waals surface area contributed by atoms with Crippen LogP contribution in [0, 0.1) is 5.92 Å². The van der Waals surface area contributed by atoms with Crippen LogP contribution in [0.4, 0.5) is 0 Å². The van der Waals surface area contributed by atoms with E-state index in [1.807, 2.05) is 0 Å². The minimum atomic E-state index is 0.228. The number of hydrogen-bond acceptors (Lipinski definition) is 2. The van der Waals surface area contributed by atoms with Crippen molar-refractivity contribution in [2.75, 3.05) is 0 Å². The molecule has 2 heteroatoms. The summed E-state index contributed by atoms with van der Waals surface area (Å²) in [6.45, 7) is 0. The van der Waals surface area contributed by atoms with E-state index in [9.17, 15) is 4.79 Å². The zero-order chi connectivity index (χ0) is 7.68. The topological polar surface area (TPSA) is 17.1 Å². The molecule has 2 rings (SSSR count). The molecule has 1 fully saturated rings. The summed E-state index contributed by atoms with van der Waals surface area (Å²) in [5.41, 5.74) is 0. The van der Waals surface area contributed by atoms with Gasteiger partial charge in [-0.3, -0.25) is 0 Å². The van der Waals surface area contributed by atoms with Gasteiger partial charge < -0.3 is 4.79 Å². The Morgan fingerprint density at radius 3 is 3.27 bits per heavy atom. The van der Waals surface area contributed by atoms with Crippen molar-refractivity contribution < 1.29 is 4.79 Å². The van der Waals surface area contributed by atoms with Gasteiger partial charge in [0, 0.05) is 0 Å². The van der Waals surface area contributed by atoms with Crippen molar-refractivity contribution in [2.45, 2.75) is 18.1 Å². The van der Waals surface area contributed by atoms with E-state index in [1.165, 1.54) is 4.91 Å². The van der Waals surface area contributed by atoms with E-state index >= 15 is 0 Å². The maximum atomic E-state index is 10.5. The van der Waals surface area contributed by atoms with Crippen molar-refractivity contribution in [3.05, 3.63) is 23.1 Å². The van der Waals surface area contributed by atoms with Gasteiger partial charge in [0.25, 0.3) is 0 Å². The first-order valence-electron chi connectivity index (χ1n) is 3.89. The zero-order valence-corrected chi connectivity index (χ0v) is 7.01. The SMILES string of the molecule is O=CC1CC2CC=CC=C2S1. The van der Waals surface area contributed by atoms with Crippen LogP contribution in [0.2, 0.25) is 0 Å². The van der Waals surface area contributed by atoms with Crippen molar-refractivity contribution in [2.24, 2.45) is 5.92 Å². The van der Waals surface area contributed by atoms with E-state index in [2.05, 4.69) is 18.2 Å². The Morgan fingerprint density at radius 2 is 2.55 bits per heavy atom. The van der Waals surface area contributed by atoms with Crippen molar-refractivity contribution in [1.82, 2.24) is 0 Å². The van der Waals surface area contributed by atoms with E-state index in [4.69, 9.17) is 0 Å². The molecule has 0 radical (unpaired) electrons. The fraction of sp³-hybridized carbons (Fsp3) is 0.444. The molecule has 0 saturated carbocycles. The average Bonchev–Trinajstić information content (AvgIpc) is 2.46. The highest BCUT2D eigenvalue weighted by Gasteiger charge is 2.29. The molecule has 0 amide bonds. The Morgan fingerprint density at radius 1 is 1.64 bits per heavy atom.